The van der Waals surface area contributed by atoms with Crippen LogP contribution in [0.2, 0.25) is 0 Å². The molecule has 38 heavy (non-hydrogen) atoms. The first kappa shape index (κ1) is 27.9. The van der Waals surface area contributed by atoms with E-state index in [4.69, 9.17) is 9.47 Å². The van der Waals surface area contributed by atoms with E-state index in [2.05, 4.69) is 73.8 Å². The normalized spacial score (nSPS) is 12.4. The van der Waals surface area contributed by atoms with Crippen LogP contribution in [-0.4, -0.2) is 18.9 Å². The highest BCUT2D eigenvalue weighted by Crippen LogP contribution is 2.40. The molecule has 3 aromatic carbocycles. The van der Waals surface area contributed by atoms with Crippen molar-refractivity contribution in [3.8, 4) is 22.6 Å². The molecule has 4 rings (SSSR count). The molecule has 1 aliphatic rings. The van der Waals surface area contributed by atoms with Crippen LogP contribution in [0.5, 0.6) is 11.5 Å². The minimum atomic E-state index is 0.249. The van der Waals surface area contributed by atoms with Crippen molar-refractivity contribution in [2.75, 3.05) is 13.2 Å². The third-order valence-electron chi connectivity index (χ3n) is 7.54. The zero-order valence-corrected chi connectivity index (χ0v) is 23.4. The summed E-state index contributed by atoms with van der Waals surface area (Å²) in [6, 6.07) is 19.2. The number of unbranched alkanes of at least 4 members (excludes halogenated alkanes) is 2. The number of hydrogen-bond donors (Lipinski definition) is 1. The van der Waals surface area contributed by atoms with Gasteiger partial charge in [-0.05, 0) is 85.9 Å². The van der Waals surface area contributed by atoms with Gasteiger partial charge in [0, 0.05) is 24.6 Å². The van der Waals surface area contributed by atoms with Gasteiger partial charge in [0.15, 0.2) is 0 Å². The summed E-state index contributed by atoms with van der Waals surface area (Å²) in [4.78, 5) is 11.3. The maximum Gasteiger partial charge on any atom is 0.129 e. The highest BCUT2D eigenvalue weighted by Gasteiger charge is 2.24. The van der Waals surface area contributed by atoms with Crippen molar-refractivity contribution in [2.45, 2.75) is 85.3 Å². The van der Waals surface area contributed by atoms with Crippen molar-refractivity contribution in [1.29, 1.82) is 0 Å². The number of ketones is 1. The molecule has 0 unspecified atom stereocenters. The molecule has 0 aromatic heterocycles. The third-order valence-corrected chi connectivity index (χ3v) is 7.54. The molecule has 0 bridgehead atoms. The Morgan fingerprint density at radius 2 is 1.74 bits per heavy atom. The zero-order chi connectivity index (χ0) is 26.7. The third kappa shape index (κ3) is 7.26. The Morgan fingerprint density at radius 3 is 2.53 bits per heavy atom. The Balaban J connectivity index is 1.54. The molecule has 4 nitrogen and oxygen atoms in total. The summed E-state index contributed by atoms with van der Waals surface area (Å²) >= 11 is 0. The molecular weight excluding hydrogens is 470 g/mol. The number of benzene rings is 3. The largest absolute Gasteiger partial charge is 0.493 e. The van der Waals surface area contributed by atoms with Crippen LogP contribution in [0.1, 0.15) is 80.2 Å². The molecule has 1 N–H and O–H groups in total. The van der Waals surface area contributed by atoms with Crippen LogP contribution in [0.4, 0.5) is 0 Å². The lowest BCUT2D eigenvalue weighted by atomic mass is 9.97. The summed E-state index contributed by atoms with van der Waals surface area (Å²) in [5, 5.41) is 3.56. The molecule has 202 valence electrons. The van der Waals surface area contributed by atoms with Crippen molar-refractivity contribution in [1.82, 2.24) is 5.32 Å². The van der Waals surface area contributed by atoms with Gasteiger partial charge in [-0.15, -0.1) is 0 Å². The van der Waals surface area contributed by atoms with Crippen LogP contribution < -0.4 is 14.8 Å². The van der Waals surface area contributed by atoms with Gasteiger partial charge >= 0.3 is 0 Å². The summed E-state index contributed by atoms with van der Waals surface area (Å²) in [5.74, 6) is 2.16. The van der Waals surface area contributed by atoms with E-state index in [9.17, 15) is 4.79 Å². The quantitative estimate of drug-likeness (QED) is 0.211. The monoisotopic (exact) mass is 513 g/mol. The lowest BCUT2D eigenvalue weighted by Gasteiger charge is -2.20. The van der Waals surface area contributed by atoms with Gasteiger partial charge in [0.1, 0.15) is 23.9 Å². The number of hydrogen-bond acceptors (Lipinski definition) is 4. The molecule has 0 radical (unpaired) electrons. The first-order chi connectivity index (χ1) is 18.6. The van der Waals surface area contributed by atoms with Crippen LogP contribution in [0.25, 0.3) is 11.1 Å². The average molecular weight is 514 g/mol. The van der Waals surface area contributed by atoms with Crippen LogP contribution >= 0.6 is 0 Å². The topological polar surface area (TPSA) is 47.6 Å². The molecule has 0 saturated heterocycles. The second kappa shape index (κ2) is 14.2. The number of ether oxygens (including phenoxy) is 2. The molecule has 4 heteroatoms. The first-order valence-corrected chi connectivity index (χ1v) is 14.4. The summed E-state index contributed by atoms with van der Waals surface area (Å²) in [6.07, 6.45) is 8.14. The minimum absolute atomic E-state index is 0.249. The molecule has 0 amide bonds. The smallest absolute Gasteiger partial charge is 0.129 e. The predicted molar refractivity (Wildman–Crippen MR) is 156 cm³/mol. The summed E-state index contributed by atoms with van der Waals surface area (Å²) < 4.78 is 12.9. The van der Waals surface area contributed by atoms with E-state index >= 15 is 0 Å². The van der Waals surface area contributed by atoms with Gasteiger partial charge in [-0.1, -0.05) is 68.3 Å². The van der Waals surface area contributed by atoms with E-state index in [0.29, 0.717) is 13.0 Å². The molecule has 0 spiro atoms. The molecule has 0 atom stereocenters. The Kier molecular flexibility index (Phi) is 10.4. The molecular formula is C34H43NO3. The molecule has 3 aromatic rings. The highest BCUT2D eigenvalue weighted by molar-refractivity contribution is 5.75. The van der Waals surface area contributed by atoms with Crippen molar-refractivity contribution >= 4 is 5.78 Å². The summed E-state index contributed by atoms with van der Waals surface area (Å²) in [7, 11) is 0. The lowest BCUT2D eigenvalue weighted by molar-refractivity contribution is -0.117. The van der Waals surface area contributed by atoms with Crippen molar-refractivity contribution in [3.63, 3.8) is 0 Å². The second-order valence-electron chi connectivity index (χ2n) is 10.4. The predicted octanol–water partition coefficient (Wildman–Crippen LogP) is 7.76. The number of fused-ring (bicyclic) bond motifs is 1. The maximum absolute atomic E-state index is 11.3. The van der Waals surface area contributed by atoms with Crippen molar-refractivity contribution in [3.05, 3.63) is 82.4 Å². The van der Waals surface area contributed by atoms with E-state index in [1.165, 1.54) is 51.8 Å². The lowest BCUT2D eigenvalue weighted by Crippen LogP contribution is -2.18. The van der Waals surface area contributed by atoms with Gasteiger partial charge < -0.3 is 19.6 Å². The molecule has 0 aliphatic heterocycles. The zero-order valence-electron chi connectivity index (χ0n) is 23.4. The first-order valence-electron chi connectivity index (χ1n) is 14.4. The Morgan fingerprint density at radius 1 is 0.921 bits per heavy atom. The Bertz CT molecular complexity index is 1200. The SMILES string of the molecule is CCCCCOc1cc(OCc2cccc(-c3ccccc3)c2C)c2c(c1CNCCCC(C)=O)CCC2. The van der Waals surface area contributed by atoms with E-state index in [1.54, 1.807) is 6.92 Å². The van der Waals surface area contributed by atoms with Crippen LogP contribution in [0.15, 0.2) is 54.6 Å². The van der Waals surface area contributed by atoms with Crippen LogP contribution in [-0.2, 0) is 30.8 Å². The Labute approximate surface area is 228 Å². The van der Waals surface area contributed by atoms with E-state index in [-0.39, 0.29) is 5.78 Å². The Hall–Kier alpha value is -3.11. The summed E-state index contributed by atoms with van der Waals surface area (Å²) in [6.45, 7) is 8.92. The van der Waals surface area contributed by atoms with Crippen molar-refractivity contribution in [2.24, 2.45) is 0 Å². The minimum Gasteiger partial charge on any atom is -0.493 e. The van der Waals surface area contributed by atoms with E-state index in [1.807, 2.05) is 0 Å². The molecule has 0 fully saturated rings. The van der Waals surface area contributed by atoms with Gasteiger partial charge in [-0.2, -0.15) is 0 Å². The van der Waals surface area contributed by atoms with Gasteiger partial charge in [-0.25, -0.2) is 0 Å². The second-order valence-corrected chi connectivity index (χ2v) is 10.4. The maximum atomic E-state index is 11.3. The average Bonchev–Trinajstić information content (AvgIpc) is 3.42. The van der Waals surface area contributed by atoms with Crippen LogP contribution in [0, 0.1) is 6.92 Å². The fraction of sp³-hybridized carbons (Fsp3) is 0.441. The fourth-order valence-corrected chi connectivity index (χ4v) is 5.38. The van der Waals surface area contributed by atoms with Gasteiger partial charge in [0.05, 0.1) is 6.61 Å². The van der Waals surface area contributed by atoms with Gasteiger partial charge in [0.25, 0.3) is 0 Å². The summed E-state index contributed by atoms with van der Waals surface area (Å²) in [5.41, 5.74) is 8.95. The van der Waals surface area contributed by atoms with E-state index < -0.39 is 0 Å². The van der Waals surface area contributed by atoms with Crippen molar-refractivity contribution < 1.29 is 14.3 Å². The van der Waals surface area contributed by atoms with Crippen LogP contribution in [0.3, 0.4) is 0 Å². The molecule has 0 heterocycles. The van der Waals surface area contributed by atoms with Gasteiger partial charge in [0.2, 0.25) is 0 Å². The number of carbonyl (C=O) groups excluding carboxylic acids is 1. The highest BCUT2D eigenvalue weighted by atomic mass is 16.5. The number of rotatable bonds is 15. The van der Waals surface area contributed by atoms with Gasteiger partial charge in [-0.3, -0.25) is 0 Å². The number of Topliss-reactive ketones (excluding diaryl/α,β-unsaturated/α-hetero) is 1. The number of carbonyl (C=O) groups is 1. The van der Waals surface area contributed by atoms with E-state index in [0.717, 1.165) is 63.3 Å². The fourth-order valence-electron chi connectivity index (χ4n) is 5.38. The number of nitrogens with one attached hydrogen (secondary N) is 1. The standard InChI is InChI=1S/C34H43NO3/c1-4-5-9-21-37-34-22-33(31-19-11-18-30(31)32(34)23-35-20-12-13-25(2)36)38-24-28-16-10-17-29(26(28)3)27-14-7-6-8-15-27/h6-8,10,14-17,22,35H,4-5,9,11-13,18-21,23-24H2,1-3H3. The molecule has 1 aliphatic carbocycles. The molecule has 0 saturated carbocycles.